The quantitative estimate of drug-likeness (QED) is 0.584. The van der Waals surface area contributed by atoms with Gasteiger partial charge < -0.3 is 16.8 Å². The van der Waals surface area contributed by atoms with Gasteiger partial charge in [-0.05, 0) is 32.6 Å². The number of nitrogens with two attached hydrogens (primary N) is 2. The molecule has 2 amide bonds. The molecule has 1 aliphatic rings. The lowest BCUT2D eigenvalue weighted by Crippen LogP contribution is -2.46. The average Bonchev–Trinajstić information content (AvgIpc) is 2.30. The summed E-state index contributed by atoms with van der Waals surface area (Å²) < 4.78 is 0. The van der Waals surface area contributed by atoms with E-state index in [0.29, 0.717) is 13.0 Å². The maximum Gasteiger partial charge on any atom is 0.231 e. The molecule has 6 nitrogen and oxygen atoms in total. The maximum atomic E-state index is 11.7. The van der Waals surface area contributed by atoms with Gasteiger partial charge in [-0.1, -0.05) is 0 Å². The Hall–Kier alpha value is -1.14. The number of carbonyl (C=O) groups is 2. The van der Waals surface area contributed by atoms with Crippen LogP contribution in [-0.4, -0.2) is 48.4 Å². The molecule has 0 aromatic rings. The molecule has 1 unspecified atom stereocenters. The number of piperidine rings is 1. The van der Waals surface area contributed by atoms with E-state index in [4.69, 9.17) is 11.5 Å². The summed E-state index contributed by atoms with van der Waals surface area (Å²) in [4.78, 5) is 24.5. The highest BCUT2D eigenvalue weighted by molar-refractivity contribution is 5.76. The van der Waals surface area contributed by atoms with E-state index in [0.717, 1.165) is 38.8 Å². The standard InChI is InChI=1S/C13H26N4O2/c1-10(14)3-2-4-13(19)16-11-5-7-17(8-6-11)9-12(15)18/h10-11H,2-9,14H2,1H3,(H2,15,18)(H,16,19). The van der Waals surface area contributed by atoms with Crippen molar-refractivity contribution in [2.75, 3.05) is 19.6 Å². The zero-order valence-corrected chi connectivity index (χ0v) is 11.7. The van der Waals surface area contributed by atoms with Crippen molar-refractivity contribution in [3.05, 3.63) is 0 Å². The molecule has 1 rings (SSSR count). The summed E-state index contributed by atoms with van der Waals surface area (Å²) in [5.74, 6) is -0.188. The van der Waals surface area contributed by atoms with Gasteiger partial charge in [0.25, 0.3) is 0 Å². The molecule has 0 aromatic carbocycles. The third-order valence-corrected chi connectivity index (χ3v) is 3.40. The van der Waals surface area contributed by atoms with Crippen LogP contribution in [0.4, 0.5) is 0 Å². The number of primary amides is 1. The SMILES string of the molecule is CC(N)CCCC(=O)NC1CCN(CC(N)=O)CC1. The zero-order chi connectivity index (χ0) is 14.3. The Morgan fingerprint density at radius 3 is 2.53 bits per heavy atom. The van der Waals surface area contributed by atoms with Crippen molar-refractivity contribution in [3.8, 4) is 0 Å². The second-order valence-corrected chi connectivity index (χ2v) is 5.45. The molecule has 6 heteroatoms. The Kier molecular flexibility index (Phi) is 6.80. The number of carbonyl (C=O) groups excluding carboxylic acids is 2. The van der Waals surface area contributed by atoms with Crippen LogP contribution in [0, 0.1) is 0 Å². The topological polar surface area (TPSA) is 101 Å². The number of nitrogens with one attached hydrogen (secondary N) is 1. The van der Waals surface area contributed by atoms with Gasteiger partial charge in [0, 0.05) is 31.6 Å². The number of likely N-dealkylation sites (tertiary alicyclic amines) is 1. The highest BCUT2D eigenvalue weighted by atomic mass is 16.2. The molecule has 0 saturated carbocycles. The largest absolute Gasteiger partial charge is 0.369 e. The van der Waals surface area contributed by atoms with E-state index in [1.54, 1.807) is 0 Å². The fraction of sp³-hybridized carbons (Fsp3) is 0.846. The van der Waals surface area contributed by atoms with Crippen molar-refractivity contribution in [2.24, 2.45) is 11.5 Å². The molecule has 1 heterocycles. The lowest BCUT2D eigenvalue weighted by atomic mass is 10.0. The first-order valence-electron chi connectivity index (χ1n) is 7.03. The van der Waals surface area contributed by atoms with Crippen LogP contribution in [0.1, 0.15) is 39.0 Å². The summed E-state index contributed by atoms with van der Waals surface area (Å²) in [7, 11) is 0. The van der Waals surface area contributed by atoms with E-state index in [2.05, 4.69) is 5.32 Å². The second kappa shape index (κ2) is 8.12. The Labute approximate surface area is 114 Å². The number of hydrogen-bond donors (Lipinski definition) is 3. The Bertz CT molecular complexity index is 299. The molecule has 110 valence electrons. The molecule has 1 saturated heterocycles. The van der Waals surface area contributed by atoms with Crippen molar-refractivity contribution in [2.45, 2.75) is 51.1 Å². The summed E-state index contributed by atoms with van der Waals surface area (Å²) in [6, 6.07) is 0.386. The first kappa shape index (κ1) is 15.9. The van der Waals surface area contributed by atoms with Crippen molar-refractivity contribution in [1.82, 2.24) is 10.2 Å². The minimum Gasteiger partial charge on any atom is -0.369 e. The molecule has 1 fully saturated rings. The predicted molar refractivity (Wildman–Crippen MR) is 74.3 cm³/mol. The van der Waals surface area contributed by atoms with Crippen molar-refractivity contribution < 1.29 is 9.59 Å². The van der Waals surface area contributed by atoms with E-state index in [-0.39, 0.29) is 23.9 Å². The van der Waals surface area contributed by atoms with Gasteiger partial charge >= 0.3 is 0 Å². The average molecular weight is 270 g/mol. The summed E-state index contributed by atoms with van der Waals surface area (Å²) in [6.07, 6.45) is 4.02. The molecule has 0 spiro atoms. The van der Waals surface area contributed by atoms with E-state index in [9.17, 15) is 9.59 Å². The van der Waals surface area contributed by atoms with Gasteiger partial charge in [-0.2, -0.15) is 0 Å². The number of rotatable bonds is 7. The van der Waals surface area contributed by atoms with Crippen molar-refractivity contribution in [3.63, 3.8) is 0 Å². The Balaban J connectivity index is 2.14. The minimum atomic E-state index is -0.293. The minimum absolute atomic E-state index is 0.106. The van der Waals surface area contributed by atoms with Crippen LogP contribution in [0.2, 0.25) is 0 Å². The molecular weight excluding hydrogens is 244 g/mol. The van der Waals surface area contributed by atoms with Gasteiger partial charge in [-0.15, -0.1) is 0 Å². The molecule has 1 aliphatic heterocycles. The fourth-order valence-corrected chi connectivity index (χ4v) is 2.34. The van der Waals surface area contributed by atoms with Crippen LogP contribution in [0.15, 0.2) is 0 Å². The summed E-state index contributed by atoms with van der Waals surface area (Å²) in [5, 5.41) is 3.04. The molecule has 0 aliphatic carbocycles. The summed E-state index contributed by atoms with van der Waals surface area (Å²) in [5.41, 5.74) is 10.8. The van der Waals surface area contributed by atoms with Crippen LogP contribution in [0.25, 0.3) is 0 Å². The summed E-state index contributed by atoms with van der Waals surface area (Å²) in [6.45, 7) is 3.89. The molecule has 0 radical (unpaired) electrons. The van der Waals surface area contributed by atoms with E-state index in [1.165, 1.54) is 0 Å². The van der Waals surface area contributed by atoms with Crippen LogP contribution in [-0.2, 0) is 9.59 Å². The van der Waals surface area contributed by atoms with E-state index in [1.807, 2.05) is 11.8 Å². The van der Waals surface area contributed by atoms with Crippen LogP contribution >= 0.6 is 0 Å². The lowest BCUT2D eigenvalue weighted by molar-refractivity contribution is -0.123. The first-order chi connectivity index (χ1) is 8.97. The Morgan fingerprint density at radius 2 is 2.00 bits per heavy atom. The lowest BCUT2D eigenvalue weighted by Gasteiger charge is -2.31. The highest BCUT2D eigenvalue weighted by Gasteiger charge is 2.21. The van der Waals surface area contributed by atoms with Gasteiger partial charge in [0.2, 0.25) is 11.8 Å². The van der Waals surface area contributed by atoms with Crippen LogP contribution in [0.5, 0.6) is 0 Å². The molecule has 1 atom stereocenters. The molecular formula is C13H26N4O2. The van der Waals surface area contributed by atoms with Gasteiger partial charge in [-0.3, -0.25) is 14.5 Å². The normalized spacial score (nSPS) is 19.1. The van der Waals surface area contributed by atoms with Gasteiger partial charge in [0.1, 0.15) is 0 Å². The molecule has 19 heavy (non-hydrogen) atoms. The Morgan fingerprint density at radius 1 is 1.37 bits per heavy atom. The zero-order valence-electron chi connectivity index (χ0n) is 11.7. The number of nitrogens with zero attached hydrogens (tertiary/aromatic N) is 1. The van der Waals surface area contributed by atoms with Gasteiger partial charge in [0.05, 0.1) is 6.54 Å². The van der Waals surface area contributed by atoms with Crippen molar-refractivity contribution in [1.29, 1.82) is 0 Å². The number of hydrogen-bond acceptors (Lipinski definition) is 4. The van der Waals surface area contributed by atoms with Crippen LogP contribution < -0.4 is 16.8 Å². The molecule has 5 N–H and O–H groups in total. The first-order valence-corrected chi connectivity index (χ1v) is 7.03. The third-order valence-electron chi connectivity index (χ3n) is 3.40. The smallest absolute Gasteiger partial charge is 0.231 e. The van der Waals surface area contributed by atoms with Crippen LogP contribution in [0.3, 0.4) is 0 Å². The monoisotopic (exact) mass is 270 g/mol. The predicted octanol–water partition coefficient (Wildman–Crippen LogP) is -0.430. The second-order valence-electron chi connectivity index (χ2n) is 5.45. The highest BCUT2D eigenvalue weighted by Crippen LogP contribution is 2.10. The van der Waals surface area contributed by atoms with E-state index >= 15 is 0 Å². The summed E-state index contributed by atoms with van der Waals surface area (Å²) >= 11 is 0. The third kappa shape index (κ3) is 7.12. The number of amides is 2. The maximum absolute atomic E-state index is 11.7. The fourth-order valence-electron chi connectivity index (χ4n) is 2.34. The van der Waals surface area contributed by atoms with E-state index < -0.39 is 0 Å². The van der Waals surface area contributed by atoms with Gasteiger partial charge in [0.15, 0.2) is 0 Å². The van der Waals surface area contributed by atoms with Gasteiger partial charge in [-0.25, -0.2) is 0 Å². The molecule has 0 aromatic heterocycles. The van der Waals surface area contributed by atoms with Crippen molar-refractivity contribution >= 4 is 11.8 Å². The molecule has 0 bridgehead atoms.